The molecular formula is C20H38OSi. The standard InChI is InChI=1S/C20H38OSi/c1-14(2)22(15(3)4,16(5)6)21-19-12-13-20(8)17(7)10-9-11-18(19)20/h11,14-17,19H,9-10,12-13H2,1-8H3/t17-,19?,20+/m0/s1. The Labute approximate surface area is 140 Å². The average Bonchev–Trinajstić information content (AvgIpc) is 2.74. The summed E-state index contributed by atoms with van der Waals surface area (Å²) in [6.45, 7) is 19.4. The molecule has 0 aromatic rings. The van der Waals surface area contributed by atoms with Crippen molar-refractivity contribution < 1.29 is 4.43 Å². The van der Waals surface area contributed by atoms with Gasteiger partial charge in [-0.3, -0.25) is 0 Å². The predicted molar refractivity (Wildman–Crippen MR) is 99.7 cm³/mol. The average molecular weight is 323 g/mol. The van der Waals surface area contributed by atoms with E-state index < -0.39 is 8.32 Å². The summed E-state index contributed by atoms with van der Waals surface area (Å²) in [5.41, 5.74) is 4.11. The molecule has 0 bridgehead atoms. The maximum absolute atomic E-state index is 7.14. The molecule has 2 heteroatoms. The number of fused-ring (bicyclic) bond motifs is 1. The van der Waals surface area contributed by atoms with Gasteiger partial charge in [-0.1, -0.05) is 61.5 Å². The van der Waals surface area contributed by atoms with Crippen LogP contribution in [0.3, 0.4) is 0 Å². The van der Waals surface area contributed by atoms with E-state index in [2.05, 4.69) is 61.5 Å². The highest BCUT2D eigenvalue weighted by molar-refractivity contribution is 6.77. The summed E-state index contributed by atoms with van der Waals surface area (Å²) in [4.78, 5) is 0. The molecule has 0 aromatic heterocycles. The fourth-order valence-corrected chi connectivity index (χ4v) is 11.1. The quantitative estimate of drug-likeness (QED) is 0.404. The van der Waals surface area contributed by atoms with Gasteiger partial charge in [0.15, 0.2) is 0 Å². The van der Waals surface area contributed by atoms with E-state index in [1.807, 2.05) is 0 Å². The van der Waals surface area contributed by atoms with Gasteiger partial charge in [-0.05, 0) is 59.2 Å². The molecule has 0 amide bonds. The van der Waals surface area contributed by atoms with E-state index in [9.17, 15) is 0 Å². The van der Waals surface area contributed by atoms with Gasteiger partial charge in [-0.25, -0.2) is 0 Å². The van der Waals surface area contributed by atoms with Crippen LogP contribution >= 0.6 is 0 Å². The minimum atomic E-state index is -1.76. The van der Waals surface area contributed by atoms with Gasteiger partial charge in [0.25, 0.3) is 0 Å². The van der Waals surface area contributed by atoms with Gasteiger partial charge < -0.3 is 4.43 Å². The van der Waals surface area contributed by atoms with Crippen molar-refractivity contribution in [2.45, 2.75) is 104 Å². The topological polar surface area (TPSA) is 9.23 Å². The largest absolute Gasteiger partial charge is 0.409 e. The van der Waals surface area contributed by atoms with Gasteiger partial charge in [0, 0.05) is 0 Å². The van der Waals surface area contributed by atoms with Crippen LogP contribution in [0.25, 0.3) is 0 Å². The molecule has 0 saturated heterocycles. The lowest BCUT2D eigenvalue weighted by Gasteiger charge is -2.45. The molecule has 0 N–H and O–H groups in total. The second-order valence-electron chi connectivity index (χ2n) is 9.02. The highest BCUT2D eigenvalue weighted by Gasteiger charge is 2.51. The molecule has 0 aromatic carbocycles. The molecule has 2 aliphatic rings. The zero-order chi connectivity index (χ0) is 16.7. The van der Waals surface area contributed by atoms with Crippen LogP contribution in [0.1, 0.15) is 81.1 Å². The Morgan fingerprint density at radius 3 is 2.09 bits per heavy atom. The lowest BCUT2D eigenvalue weighted by Crippen LogP contribution is -2.50. The van der Waals surface area contributed by atoms with E-state index in [0.29, 0.717) is 28.1 Å². The second kappa shape index (κ2) is 6.43. The maximum atomic E-state index is 7.14. The van der Waals surface area contributed by atoms with E-state index in [1.54, 1.807) is 5.57 Å². The van der Waals surface area contributed by atoms with Crippen LogP contribution in [-0.4, -0.2) is 14.4 Å². The molecule has 0 spiro atoms. The molecular weight excluding hydrogens is 284 g/mol. The lowest BCUT2D eigenvalue weighted by molar-refractivity contribution is 0.194. The number of allylic oxidation sites excluding steroid dienone is 1. The van der Waals surface area contributed by atoms with Crippen molar-refractivity contribution in [2.75, 3.05) is 0 Å². The van der Waals surface area contributed by atoms with E-state index in [1.165, 1.54) is 25.7 Å². The van der Waals surface area contributed by atoms with Gasteiger partial charge in [0.1, 0.15) is 0 Å². The first-order valence-corrected chi connectivity index (χ1v) is 11.7. The highest BCUT2D eigenvalue weighted by Crippen LogP contribution is 2.55. The van der Waals surface area contributed by atoms with Crippen LogP contribution < -0.4 is 0 Å². The molecule has 0 radical (unpaired) electrons. The molecule has 22 heavy (non-hydrogen) atoms. The number of hydrogen-bond donors (Lipinski definition) is 0. The molecule has 1 nitrogen and oxygen atoms in total. The van der Waals surface area contributed by atoms with E-state index >= 15 is 0 Å². The SMILES string of the molecule is CC(C)[Si](OC1CC[C@@]2(C)C1=CCC[C@@H]2C)(C(C)C)C(C)C. The summed E-state index contributed by atoms with van der Waals surface area (Å²) in [5, 5.41) is 0. The first-order valence-electron chi connectivity index (χ1n) is 9.54. The summed E-state index contributed by atoms with van der Waals surface area (Å²) < 4.78 is 7.14. The molecule has 0 heterocycles. The number of rotatable bonds is 5. The van der Waals surface area contributed by atoms with Crippen LogP contribution in [0.5, 0.6) is 0 Å². The molecule has 3 atom stereocenters. The maximum Gasteiger partial charge on any atom is 0.201 e. The Balaban J connectivity index is 2.31. The third-order valence-corrected chi connectivity index (χ3v) is 13.1. The van der Waals surface area contributed by atoms with E-state index in [0.717, 1.165) is 5.92 Å². The normalized spacial score (nSPS) is 32.8. The third kappa shape index (κ3) is 2.75. The molecule has 1 fully saturated rings. The molecule has 1 unspecified atom stereocenters. The van der Waals surface area contributed by atoms with Gasteiger partial charge in [-0.2, -0.15) is 0 Å². The van der Waals surface area contributed by atoms with Crippen LogP contribution in [0, 0.1) is 11.3 Å². The summed E-state index contributed by atoms with van der Waals surface area (Å²) in [5.74, 6) is 0.814. The minimum absolute atomic E-state index is 0.409. The van der Waals surface area contributed by atoms with Crippen molar-refractivity contribution in [1.82, 2.24) is 0 Å². The highest BCUT2D eigenvalue weighted by atomic mass is 28.4. The Morgan fingerprint density at radius 2 is 1.59 bits per heavy atom. The van der Waals surface area contributed by atoms with Crippen molar-refractivity contribution in [3.63, 3.8) is 0 Å². The van der Waals surface area contributed by atoms with E-state index in [-0.39, 0.29) is 0 Å². The zero-order valence-corrected chi connectivity index (χ0v) is 17.2. The van der Waals surface area contributed by atoms with Crippen molar-refractivity contribution in [1.29, 1.82) is 0 Å². The molecule has 128 valence electrons. The van der Waals surface area contributed by atoms with Crippen LogP contribution in [0.2, 0.25) is 16.6 Å². The zero-order valence-electron chi connectivity index (χ0n) is 16.2. The lowest BCUT2D eigenvalue weighted by atomic mass is 9.68. The second-order valence-corrected chi connectivity index (χ2v) is 14.4. The van der Waals surface area contributed by atoms with Crippen molar-refractivity contribution >= 4 is 8.32 Å². The van der Waals surface area contributed by atoms with E-state index in [4.69, 9.17) is 4.43 Å². The molecule has 0 aliphatic heterocycles. The fraction of sp³-hybridized carbons (Fsp3) is 0.900. The van der Waals surface area contributed by atoms with Gasteiger partial charge in [-0.15, -0.1) is 0 Å². The van der Waals surface area contributed by atoms with Gasteiger partial charge in [0.2, 0.25) is 8.32 Å². The summed E-state index contributed by atoms with van der Waals surface area (Å²) in [7, 11) is -1.76. The Bertz CT molecular complexity index is 402. The summed E-state index contributed by atoms with van der Waals surface area (Å²) in [6.07, 6.45) is 8.13. The first-order chi connectivity index (χ1) is 10.2. The van der Waals surface area contributed by atoms with Crippen LogP contribution in [0.4, 0.5) is 0 Å². The minimum Gasteiger partial charge on any atom is -0.409 e. The Hall–Kier alpha value is -0.0831. The van der Waals surface area contributed by atoms with Crippen molar-refractivity contribution in [3.05, 3.63) is 11.6 Å². The van der Waals surface area contributed by atoms with Crippen LogP contribution in [-0.2, 0) is 4.43 Å². The van der Waals surface area contributed by atoms with Crippen LogP contribution in [0.15, 0.2) is 11.6 Å². The Morgan fingerprint density at radius 1 is 1.05 bits per heavy atom. The molecule has 1 saturated carbocycles. The van der Waals surface area contributed by atoms with Gasteiger partial charge in [0.05, 0.1) is 6.10 Å². The molecule has 2 aliphatic carbocycles. The van der Waals surface area contributed by atoms with Gasteiger partial charge >= 0.3 is 0 Å². The summed E-state index contributed by atoms with van der Waals surface area (Å²) >= 11 is 0. The Kier molecular flexibility index (Phi) is 5.34. The molecule has 2 rings (SSSR count). The summed E-state index contributed by atoms with van der Waals surface area (Å²) in [6, 6.07) is 0. The first kappa shape index (κ1) is 18.3. The number of hydrogen-bond acceptors (Lipinski definition) is 1. The monoisotopic (exact) mass is 322 g/mol. The smallest absolute Gasteiger partial charge is 0.201 e. The predicted octanol–water partition coefficient (Wildman–Crippen LogP) is 6.70. The van der Waals surface area contributed by atoms with Crippen molar-refractivity contribution in [3.8, 4) is 0 Å². The fourth-order valence-electron chi connectivity index (χ4n) is 5.58. The van der Waals surface area contributed by atoms with Crippen molar-refractivity contribution in [2.24, 2.45) is 11.3 Å². The third-order valence-electron chi connectivity index (χ3n) is 7.04.